The molecule has 1 aromatic carbocycles. The molecule has 1 atom stereocenters. The van der Waals surface area contributed by atoms with Crippen LogP contribution < -0.4 is 0 Å². The Morgan fingerprint density at radius 3 is 2.43 bits per heavy atom. The van der Waals surface area contributed by atoms with Gasteiger partial charge in [0.15, 0.2) is 0 Å². The number of thiophene rings is 1. The van der Waals surface area contributed by atoms with E-state index in [9.17, 15) is 9.59 Å². The standard InChI is InChI=1S/C25H34N2O2S/c1-17(2)15-26(24(29)25(4,5)6)16-22(28)27-13-11-21-20(12-14-30-21)23(27)19-9-7-18(3)8-10-19/h7-10,12,14,17,23H,11,13,15-16H2,1-6H3/t23-/m0/s1. The normalized spacial score (nSPS) is 16.5. The highest BCUT2D eigenvalue weighted by atomic mass is 32.1. The first-order valence-corrected chi connectivity index (χ1v) is 11.7. The number of carbonyl (C=O) groups is 2. The summed E-state index contributed by atoms with van der Waals surface area (Å²) in [5.74, 6) is 0.363. The third-order valence-corrected chi connectivity index (χ3v) is 6.52. The van der Waals surface area contributed by atoms with Gasteiger partial charge in [0.05, 0.1) is 12.6 Å². The Labute approximate surface area is 184 Å². The van der Waals surface area contributed by atoms with Crippen LogP contribution in [0.15, 0.2) is 35.7 Å². The van der Waals surface area contributed by atoms with Crippen LogP contribution in [0, 0.1) is 18.3 Å². The summed E-state index contributed by atoms with van der Waals surface area (Å²) >= 11 is 1.77. The molecule has 162 valence electrons. The SMILES string of the molecule is Cc1ccc([C@H]2c3ccsc3CCN2C(=O)CN(CC(C)C)C(=O)C(C)(C)C)cc1. The van der Waals surface area contributed by atoms with E-state index in [-0.39, 0.29) is 24.4 Å². The second kappa shape index (κ2) is 8.93. The molecule has 0 fully saturated rings. The van der Waals surface area contributed by atoms with Crippen molar-refractivity contribution < 1.29 is 9.59 Å². The van der Waals surface area contributed by atoms with Crippen LogP contribution in [-0.2, 0) is 16.0 Å². The van der Waals surface area contributed by atoms with E-state index in [1.807, 2.05) is 25.7 Å². The van der Waals surface area contributed by atoms with Gasteiger partial charge in [-0.15, -0.1) is 11.3 Å². The number of carbonyl (C=O) groups excluding carboxylic acids is 2. The number of rotatable bonds is 5. The Balaban J connectivity index is 1.90. The van der Waals surface area contributed by atoms with Gasteiger partial charge in [-0.05, 0) is 41.8 Å². The van der Waals surface area contributed by atoms with Crippen molar-refractivity contribution in [1.82, 2.24) is 9.80 Å². The van der Waals surface area contributed by atoms with Crippen molar-refractivity contribution >= 4 is 23.2 Å². The van der Waals surface area contributed by atoms with E-state index in [0.717, 1.165) is 12.0 Å². The lowest BCUT2D eigenvalue weighted by atomic mass is 9.92. The van der Waals surface area contributed by atoms with Crippen molar-refractivity contribution in [2.45, 2.75) is 54.0 Å². The highest BCUT2D eigenvalue weighted by molar-refractivity contribution is 7.10. The monoisotopic (exact) mass is 426 g/mol. The van der Waals surface area contributed by atoms with Crippen LogP contribution in [0.4, 0.5) is 0 Å². The van der Waals surface area contributed by atoms with Crippen LogP contribution in [-0.4, -0.2) is 41.2 Å². The van der Waals surface area contributed by atoms with Crippen LogP contribution in [0.5, 0.6) is 0 Å². The molecule has 2 aromatic rings. The second-order valence-corrected chi connectivity index (χ2v) is 10.8. The number of aryl methyl sites for hydroxylation is 1. The van der Waals surface area contributed by atoms with E-state index in [0.29, 0.717) is 19.0 Å². The lowest BCUT2D eigenvalue weighted by Gasteiger charge is -2.38. The summed E-state index contributed by atoms with van der Waals surface area (Å²) in [5.41, 5.74) is 3.05. The molecule has 1 aliphatic heterocycles. The maximum absolute atomic E-state index is 13.5. The first-order valence-electron chi connectivity index (χ1n) is 10.8. The van der Waals surface area contributed by atoms with Gasteiger partial charge in [0.1, 0.15) is 0 Å². The van der Waals surface area contributed by atoms with Crippen LogP contribution in [0.1, 0.15) is 62.2 Å². The summed E-state index contributed by atoms with van der Waals surface area (Å²) in [7, 11) is 0. The minimum atomic E-state index is -0.506. The largest absolute Gasteiger partial charge is 0.333 e. The molecule has 3 rings (SSSR count). The predicted molar refractivity (Wildman–Crippen MR) is 124 cm³/mol. The van der Waals surface area contributed by atoms with Crippen LogP contribution in [0.3, 0.4) is 0 Å². The van der Waals surface area contributed by atoms with Gasteiger partial charge in [-0.1, -0.05) is 64.4 Å². The Kier molecular flexibility index (Phi) is 6.71. The lowest BCUT2D eigenvalue weighted by Crippen LogP contribution is -2.49. The molecule has 0 spiro atoms. The summed E-state index contributed by atoms with van der Waals surface area (Å²) in [5, 5.41) is 2.12. The number of fused-ring (bicyclic) bond motifs is 1. The summed E-state index contributed by atoms with van der Waals surface area (Å²) < 4.78 is 0. The van der Waals surface area contributed by atoms with Crippen molar-refractivity contribution in [2.75, 3.05) is 19.6 Å². The van der Waals surface area contributed by atoms with Gasteiger partial charge in [0.2, 0.25) is 11.8 Å². The van der Waals surface area contributed by atoms with E-state index in [2.05, 4.69) is 56.5 Å². The smallest absolute Gasteiger partial charge is 0.242 e. The van der Waals surface area contributed by atoms with Gasteiger partial charge in [0, 0.05) is 23.4 Å². The number of benzene rings is 1. The number of nitrogens with zero attached hydrogens (tertiary/aromatic N) is 2. The van der Waals surface area contributed by atoms with Crippen LogP contribution in [0.25, 0.3) is 0 Å². The van der Waals surface area contributed by atoms with Gasteiger partial charge >= 0.3 is 0 Å². The van der Waals surface area contributed by atoms with E-state index in [1.54, 1.807) is 16.2 Å². The molecule has 1 aliphatic rings. The number of amides is 2. The van der Waals surface area contributed by atoms with E-state index < -0.39 is 5.41 Å². The summed E-state index contributed by atoms with van der Waals surface area (Å²) in [4.78, 5) is 31.6. The average Bonchev–Trinajstić information content (AvgIpc) is 3.14. The van der Waals surface area contributed by atoms with Crippen molar-refractivity contribution in [3.05, 3.63) is 57.3 Å². The molecule has 0 unspecified atom stereocenters. The fourth-order valence-corrected chi connectivity index (χ4v) is 4.99. The minimum absolute atomic E-state index is 0.0238. The average molecular weight is 427 g/mol. The Bertz CT molecular complexity index is 893. The van der Waals surface area contributed by atoms with Gasteiger partial charge in [0.25, 0.3) is 0 Å². The summed E-state index contributed by atoms with van der Waals surface area (Å²) in [6.45, 7) is 13.4. The van der Waals surface area contributed by atoms with Crippen LogP contribution in [0.2, 0.25) is 0 Å². The molecule has 0 bridgehead atoms. The fraction of sp³-hybridized carbons (Fsp3) is 0.520. The predicted octanol–water partition coefficient (Wildman–Crippen LogP) is 5.06. The van der Waals surface area contributed by atoms with Gasteiger partial charge < -0.3 is 9.80 Å². The van der Waals surface area contributed by atoms with Crippen molar-refractivity contribution in [2.24, 2.45) is 11.3 Å². The molecule has 0 radical (unpaired) electrons. The molecular formula is C25H34N2O2S. The van der Waals surface area contributed by atoms with Crippen LogP contribution >= 0.6 is 11.3 Å². The molecule has 0 aliphatic carbocycles. The topological polar surface area (TPSA) is 40.6 Å². The Morgan fingerprint density at radius 2 is 1.83 bits per heavy atom. The molecule has 2 amide bonds. The molecule has 0 saturated heterocycles. The lowest BCUT2D eigenvalue weighted by molar-refractivity contribution is -0.146. The van der Waals surface area contributed by atoms with Gasteiger partial charge in [-0.25, -0.2) is 0 Å². The zero-order valence-electron chi connectivity index (χ0n) is 19.1. The zero-order valence-corrected chi connectivity index (χ0v) is 19.9. The molecule has 2 heterocycles. The third kappa shape index (κ3) is 4.94. The van der Waals surface area contributed by atoms with Gasteiger partial charge in [-0.2, -0.15) is 0 Å². The highest BCUT2D eigenvalue weighted by Gasteiger charge is 2.35. The first-order chi connectivity index (χ1) is 14.1. The fourth-order valence-electron chi connectivity index (χ4n) is 4.08. The summed E-state index contributed by atoms with van der Waals surface area (Å²) in [6.07, 6.45) is 0.874. The van der Waals surface area contributed by atoms with E-state index in [1.165, 1.54) is 16.0 Å². The second-order valence-electron chi connectivity index (χ2n) is 9.78. The number of hydrogen-bond donors (Lipinski definition) is 0. The molecule has 0 N–H and O–H groups in total. The molecule has 0 saturated carbocycles. The maximum Gasteiger partial charge on any atom is 0.242 e. The van der Waals surface area contributed by atoms with E-state index in [4.69, 9.17) is 0 Å². The Morgan fingerprint density at radius 1 is 1.17 bits per heavy atom. The van der Waals surface area contributed by atoms with Crippen molar-refractivity contribution in [3.8, 4) is 0 Å². The molecular weight excluding hydrogens is 392 g/mol. The minimum Gasteiger partial charge on any atom is -0.333 e. The third-order valence-electron chi connectivity index (χ3n) is 5.52. The van der Waals surface area contributed by atoms with Gasteiger partial charge in [-0.3, -0.25) is 9.59 Å². The summed E-state index contributed by atoms with van der Waals surface area (Å²) in [6, 6.07) is 10.5. The Hall–Kier alpha value is -2.14. The first kappa shape index (κ1) is 22.5. The number of hydrogen-bond acceptors (Lipinski definition) is 3. The maximum atomic E-state index is 13.5. The van der Waals surface area contributed by atoms with Crippen molar-refractivity contribution in [1.29, 1.82) is 0 Å². The van der Waals surface area contributed by atoms with E-state index >= 15 is 0 Å². The van der Waals surface area contributed by atoms with Crippen molar-refractivity contribution in [3.63, 3.8) is 0 Å². The molecule has 4 nitrogen and oxygen atoms in total. The molecule has 30 heavy (non-hydrogen) atoms. The molecule has 5 heteroatoms. The molecule has 1 aromatic heterocycles. The quantitative estimate of drug-likeness (QED) is 0.670. The zero-order chi connectivity index (χ0) is 22.1. The highest BCUT2D eigenvalue weighted by Crippen LogP contribution is 2.38.